The molecular weight excluding hydrogens is 226 g/mol. The fourth-order valence-electron chi connectivity index (χ4n) is 0.578. The van der Waals surface area contributed by atoms with Gasteiger partial charge in [-0.2, -0.15) is 0 Å². The molecule has 0 saturated carbocycles. The van der Waals surface area contributed by atoms with E-state index in [4.69, 9.17) is 34.8 Å². The van der Waals surface area contributed by atoms with Crippen molar-refractivity contribution in [1.29, 1.82) is 0 Å². The molecule has 0 aliphatic carbocycles. The van der Waals surface area contributed by atoms with Crippen LogP contribution in [0, 0.1) is 0 Å². The van der Waals surface area contributed by atoms with Gasteiger partial charge in [0.1, 0.15) is 5.02 Å². The molecule has 11 heavy (non-hydrogen) atoms. The lowest BCUT2D eigenvalue weighted by atomic mass is 10.3. The molecule has 0 fully saturated rings. The summed E-state index contributed by atoms with van der Waals surface area (Å²) in [6.45, 7) is 0. The quantitative estimate of drug-likeness (QED) is 0.514. The highest BCUT2D eigenvalue weighted by Crippen LogP contribution is 2.40. The smallest absolute Gasteiger partial charge is 0.155 e. The molecule has 1 N–H and O–H groups in total. The molecule has 0 heterocycles. The molecule has 0 atom stereocenters. The first-order chi connectivity index (χ1) is 5.04. The summed E-state index contributed by atoms with van der Waals surface area (Å²) in [6, 6.07) is 1.47. The molecule has 0 saturated heterocycles. The van der Waals surface area contributed by atoms with Crippen molar-refractivity contribution in [2.45, 2.75) is 4.90 Å². The highest BCUT2D eigenvalue weighted by Gasteiger charge is 2.11. The molecule has 5 heteroatoms. The van der Waals surface area contributed by atoms with Crippen LogP contribution in [-0.2, 0) is 0 Å². The number of hydrogen-bond donors (Lipinski definition) is 2. The van der Waals surface area contributed by atoms with E-state index in [1.165, 1.54) is 6.07 Å². The van der Waals surface area contributed by atoms with Crippen LogP contribution in [0.25, 0.3) is 0 Å². The molecule has 1 rings (SSSR count). The highest BCUT2D eigenvalue weighted by atomic mass is 35.5. The normalized spacial score (nSPS) is 10.2. The summed E-state index contributed by atoms with van der Waals surface area (Å²) in [5, 5.41) is 9.57. The predicted octanol–water partition coefficient (Wildman–Crippen LogP) is 3.64. The second kappa shape index (κ2) is 3.31. The molecule has 0 aliphatic heterocycles. The van der Waals surface area contributed by atoms with Crippen LogP contribution in [0.1, 0.15) is 0 Å². The van der Waals surface area contributed by atoms with E-state index in [9.17, 15) is 5.11 Å². The summed E-state index contributed by atoms with van der Waals surface area (Å²) in [6.07, 6.45) is 0. The second-order valence-electron chi connectivity index (χ2n) is 1.85. The monoisotopic (exact) mass is 228 g/mol. The van der Waals surface area contributed by atoms with E-state index in [1.54, 1.807) is 0 Å². The van der Waals surface area contributed by atoms with Gasteiger partial charge < -0.3 is 5.11 Å². The van der Waals surface area contributed by atoms with Crippen molar-refractivity contribution in [2.75, 3.05) is 0 Å². The fourth-order valence-corrected chi connectivity index (χ4v) is 1.43. The first-order valence-electron chi connectivity index (χ1n) is 2.59. The van der Waals surface area contributed by atoms with E-state index in [1.807, 2.05) is 0 Å². The minimum atomic E-state index is -0.231. The van der Waals surface area contributed by atoms with Gasteiger partial charge in [0.2, 0.25) is 0 Å². The Bertz CT molecular complexity index is 274. The van der Waals surface area contributed by atoms with E-state index in [-0.39, 0.29) is 20.8 Å². The van der Waals surface area contributed by atoms with Gasteiger partial charge >= 0.3 is 0 Å². The van der Waals surface area contributed by atoms with Crippen molar-refractivity contribution in [1.82, 2.24) is 0 Å². The number of phenolic OH excluding ortho intramolecular Hbond substituents is 1. The van der Waals surface area contributed by atoms with Gasteiger partial charge in [0.05, 0.1) is 10.0 Å². The predicted molar refractivity (Wildman–Crippen MR) is 50.4 cm³/mol. The maximum Gasteiger partial charge on any atom is 0.155 e. The molecular formula is C6H3Cl3OS. The zero-order valence-electron chi connectivity index (χ0n) is 5.11. The molecule has 0 bridgehead atoms. The van der Waals surface area contributed by atoms with Gasteiger partial charge in [0.25, 0.3) is 0 Å². The number of hydrogen-bond acceptors (Lipinski definition) is 2. The van der Waals surface area contributed by atoms with Gasteiger partial charge in [-0.1, -0.05) is 34.8 Å². The van der Waals surface area contributed by atoms with Gasteiger partial charge in [0.15, 0.2) is 5.75 Å². The molecule has 1 nitrogen and oxygen atoms in total. The number of aromatic hydroxyl groups is 1. The van der Waals surface area contributed by atoms with Crippen molar-refractivity contribution < 1.29 is 5.11 Å². The summed E-state index contributed by atoms with van der Waals surface area (Å²) in [7, 11) is 0. The Balaban J connectivity index is 3.46. The fraction of sp³-hybridized carbons (Fsp3) is 0. The average Bonchev–Trinajstić information content (AvgIpc) is 1.97. The van der Waals surface area contributed by atoms with Crippen molar-refractivity contribution in [3.05, 3.63) is 21.1 Å². The Hall–Kier alpha value is 0.240. The van der Waals surface area contributed by atoms with Crippen LogP contribution in [0.2, 0.25) is 15.1 Å². The first-order valence-corrected chi connectivity index (χ1v) is 4.17. The van der Waals surface area contributed by atoms with Crippen LogP contribution in [0.3, 0.4) is 0 Å². The Morgan fingerprint density at radius 1 is 1.18 bits per heavy atom. The minimum Gasteiger partial charge on any atom is -0.505 e. The Labute approximate surface area is 84.3 Å². The van der Waals surface area contributed by atoms with E-state index < -0.39 is 0 Å². The Kier molecular flexibility index (Phi) is 2.81. The number of thiol groups is 1. The Morgan fingerprint density at radius 3 is 2.27 bits per heavy atom. The summed E-state index contributed by atoms with van der Waals surface area (Å²) in [4.78, 5) is 0.401. The maximum absolute atomic E-state index is 9.17. The standard InChI is InChI=1S/C6H3Cl3OS/c7-2-1-3(11)5(9)6(10)4(2)8/h1,10-11H. The zero-order chi connectivity index (χ0) is 8.59. The highest BCUT2D eigenvalue weighted by molar-refractivity contribution is 7.80. The van der Waals surface area contributed by atoms with Gasteiger partial charge in [-0.25, -0.2) is 0 Å². The van der Waals surface area contributed by atoms with Gasteiger partial charge in [-0.3, -0.25) is 0 Å². The van der Waals surface area contributed by atoms with Crippen LogP contribution in [0.4, 0.5) is 0 Å². The zero-order valence-corrected chi connectivity index (χ0v) is 8.27. The van der Waals surface area contributed by atoms with Crippen LogP contribution in [0.5, 0.6) is 5.75 Å². The third kappa shape index (κ3) is 1.70. The topological polar surface area (TPSA) is 20.2 Å². The number of halogens is 3. The molecule has 0 amide bonds. The van der Waals surface area contributed by atoms with Gasteiger partial charge in [-0.15, -0.1) is 12.6 Å². The van der Waals surface area contributed by atoms with Crippen LogP contribution < -0.4 is 0 Å². The van der Waals surface area contributed by atoms with Crippen molar-refractivity contribution >= 4 is 47.4 Å². The maximum atomic E-state index is 9.17. The number of rotatable bonds is 0. The molecule has 0 aliphatic rings. The molecule has 0 aromatic heterocycles. The van der Waals surface area contributed by atoms with Gasteiger partial charge in [-0.05, 0) is 6.07 Å². The summed E-state index contributed by atoms with van der Waals surface area (Å²) >= 11 is 20.7. The summed E-state index contributed by atoms with van der Waals surface area (Å²) in [5.74, 6) is -0.231. The van der Waals surface area contributed by atoms with Crippen molar-refractivity contribution in [3.63, 3.8) is 0 Å². The average molecular weight is 230 g/mol. The molecule has 0 unspecified atom stereocenters. The largest absolute Gasteiger partial charge is 0.505 e. The molecule has 60 valence electrons. The van der Waals surface area contributed by atoms with Gasteiger partial charge in [0, 0.05) is 4.90 Å². The SMILES string of the molecule is Oc1c(Cl)c(S)cc(Cl)c1Cl. The lowest BCUT2D eigenvalue weighted by molar-refractivity contribution is 0.474. The van der Waals surface area contributed by atoms with E-state index in [0.29, 0.717) is 4.90 Å². The lowest BCUT2D eigenvalue weighted by Crippen LogP contribution is -1.76. The molecule has 0 spiro atoms. The van der Waals surface area contributed by atoms with Crippen LogP contribution >= 0.6 is 47.4 Å². The molecule has 1 aromatic carbocycles. The Morgan fingerprint density at radius 2 is 1.73 bits per heavy atom. The molecule has 0 radical (unpaired) electrons. The second-order valence-corrected chi connectivity index (χ2v) is 3.50. The third-order valence-corrected chi connectivity index (χ3v) is 2.76. The molecule has 1 aromatic rings. The van der Waals surface area contributed by atoms with E-state index >= 15 is 0 Å². The number of benzene rings is 1. The third-order valence-electron chi connectivity index (χ3n) is 1.11. The van der Waals surface area contributed by atoms with Crippen LogP contribution in [-0.4, -0.2) is 5.11 Å². The van der Waals surface area contributed by atoms with E-state index in [2.05, 4.69) is 12.6 Å². The first kappa shape index (κ1) is 9.33. The van der Waals surface area contributed by atoms with Crippen LogP contribution in [0.15, 0.2) is 11.0 Å². The van der Waals surface area contributed by atoms with Crippen molar-refractivity contribution in [3.8, 4) is 5.75 Å². The van der Waals surface area contributed by atoms with E-state index in [0.717, 1.165) is 0 Å². The number of phenols is 1. The van der Waals surface area contributed by atoms with Crippen molar-refractivity contribution in [2.24, 2.45) is 0 Å². The minimum absolute atomic E-state index is 0.0504. The lowest BCUT2D eigenvalue weighted by Gasteiger charge is -2.03. The summed E-state index contributed by atoms with van der Waals surface area (Å²) in [5.41, 5.74) is 0. The summed E-state index contributed by atoms with van der Waals surface area (Å²) < 4.78 is 0.